The molecule has 3 aliphatic rings. The smallest absolute Gasteiger partial charge is 0.138 e. The molecule has 0 radical (unpaired) electrons. The monoisotopic (exact) mass is 340 g/mol. The summed E-state index contributed by atoms with van der Waals surface area (Å²) in [5.74, 6) is 2.16. The molecule has 132 valence electrons. The fourth-order valence-electron chi connectivity index (χ4n) is 4.48. The van der Waals surface area contributed by atoms with Crippen molar-refractivity contribution in [3.05, 3.63) is 42.0 Å². The Bertz CT molecular complexity index is 753. The normalized spacial score (nSPS) is 25.2. The molecule has 0 N–H and O–H groups in total. The maximum Gasteiger partial charge on any atom is 0.138 e. The summed E-state index contributed by atoms with van der Waals surface area (Å²) in [7, 11) is 0. The highest BCUT2D eigenvalue weighted by Gasteiger charge is 2.40. The number of para-hydroxylation sites is 1. The number of nitrogens with zero attached hydrogens (tertiary/aromatic N) is 4. The molecular formula is C19H24N4O2. The van der Waals surface area contributed by atoms with Gasteiger partial charge in [0, 0.05) is 44.5 Å². The maximum absolute atomic E-state index is 6.58. The standard InChI is InChI=1S/C19H24N4O2/c1-2-4-17-15(3-1)11-22(13-19(25-17)7-9-24-10-8-19)12-16-5-6-18-20-14-21-23(16)18/h1-4,14,16H,5-13H2. The average molecular weight is 340 g/mol. The fraction of sp³-hybridized carbons (Fsp3) is 0.579. The molecule has 3 aliphatic heterocycles. The van der Waals surface area contributed by atoms with Crippen LogP contribution >= 0.6 is 0 Å². The van der Waals surface area contributed by atoms with E-state index < -0.39 is 0 Å². The number of benzene rings is 1. The highest BCUT2D eigenvalue weighted by atomic mass is 16.5. The first-order chi connectivity index (χ1) is 12.3. The van der Waals surface area contributed by atoms with Gasteiger partial charge in [-0.05, 0) is 12.5 Å². The third-order valence-corrected chi connectivity index (χ3v) is 5.77. The van der Waals surface area contributed by atoms with Gasteiger partial charge < -0.3 is 9.47 Å². The molecule has 1 aromatic carbocycles. The van der Waals surface area contributed by atoms with Crippen LogP contribution in [0, 0.1) is 0 Å². The minimum atomic E-state index is -0.130. The summed E-state index contributed by atoms with van der Waals surface area (Å²) in [6.07, 6.45) is 5.76. The van der Waals surface area contributed by atoms with Gasteiger partial charge in [0.1, 0.15) is 23.5 Å². The number of rotatable bonds is 2. The number of aromatic nitrogens is 3. The van der Waals surface area contributed by atoms with Crippen molar-refractivity contribution >= 4 is 0 Å². The van der Waals surface area contributed by atoms with Crippen molar-refractivity contribution in [2.24, 2.45) is 0 Å². The molecule has 0 aliphatic carbocycles. The van der Waals surface area contributed by atoms with E-state index in [9.17, 15) is 0 Å². The van der Waals surface area contributed by atoms with E-state index in [2.05, 4.69) is 43.9 Å². The van der Waals surface area contributed by atoms with E-state index in [1.54, 1.807) is 6.33 Å². The van der Waals surface area contributed by atoms with Gasteiger partial charge in [-0.25, -0.2) is 9.67 Å². The molecule has 1 atom stereocenters. The predicted octanol–water partition coefficient (Wildman–Crippen LogP) is 2.21. The van der Waals surface area contributed by atoms with Crippen LogP contribution in [0.3, 0.4) is 0 Å². The van der Waals surface area contributed by atoms with Gasteiger partial charge in [-0.1, -0.05) is 18.2 Å². The summed E-state index contributed by atoms with van der Waals surface area (Å²) in [5.41, 5.74) is 1.15. The summed E-state index contributed by atoms with van der Waals surface area (Å²) in [5, 5.41) is 4.44. The van der Waals surface area contributed by atoms with Crippen LogP contribution in [0.15, 0.2) is 30.6 Å². The number of ether oxygens (including phenoxy) is 2. The molecule has 1 fully saturated rings. The maximum atomic E-state index is 6.58. The Balaban J connectivity index is 1.43. The Labute approximate surface area is 147 Å². The first kappa shape index (κ1) is 15.3. The molecule has 2 aromatic rings. The van der Waals surface area contributed by atoms with Gasteiger partial charge in [0.2, 0.25) is 0 Å². The molecule has 1 spiro atoms. The van der Waals surface area contributed by atoms with Crippen LogP contribution in [0.1, 0.15) is 36.7 Å². The van der Waals surface area contributed by atoms with E-state index >= 15 is 0 Å². The van der Waals surface area contributed by atoms with Gasteiger partial charge in [0.05, 0.1) is 19.3 Å². The average Bonchev–Trinajstić information content (AvgIpc) is 3.19. The topological polar surface area (TPSA) is 52.4 Å². The highest BCUT2D eigenvalue weighted by Crippen LogP contribution is 2.36. The largest absolute Gasteiger partial charge is 0.485 e. The summed E-state index contributed by atoms with van der Waals surface area (Å²) >= 11 is 0. The second kappa shape index (κ2) is 6.11. The molecule has 1 saturated heterocycles. The van der Waals surface area contributed by atoms with E-state index in [1.165, 1.54) is 5.56 Å². The van der Waals surface area contributed by atoms with Crippen LogP contribution in [-0.4, -0.2) is 51.6 Å². The SMILES string of the molecule is c1ccc2c(c1)CN(CC1CCc3ncnn31)CC1(CCOCC1)O2. The molecule has 0 amide bonds. The van der Waals surface area contributed by atoms with Crippen LogP contribution in [-0.2, 0) is 17.7 Å². The molecule has 0 bridgehead atoms. The van der Waals surface area contributed by atoms with E-state index in [-0.39, 0.29) is 5.60 Å². The highest BCUT2D eigenvalue weighted by molar-refractivity contribution is 5.35. The second-order valence-corrected chi connectivity index (χ2v) is 7.49. The van der Waals surface area contributed by atoms with Gasteiger partial charge in [-0.3, -0.25) is 4.90 Å². The van der Waals surface area contributed by atoms with Crippen LogP contribution in [0.5, 0.6) is 5.75 Å². The van der Waals surface area contributed by atoms with E-state index in [4.69, 9.17) is 9.47 Å². The number of aryl methyl sites for hydroxylation is 1. The van der Waals surface area contributed by atoms with Crippen LogP contribution in [0.2, 0.25) is 0 Å². The fourth-order valence-corrected chi connectivity index (χ4v) is 4.48. The third-order valence-electron chi connectivity index (χ3n) is 5.77. The minimum Gasteiger partial charge on any atom is -0.485 e. The molecule has 25 heavy (non-hydrogen) atoms. The van der Waals surface area contributed by atoms with Gasteiger partial charge in [-0.15, -0.1) is 0 Å². The summed E-state index contributed by atoms with van der Waals surface area (Å²) in [6.45, 7) is 4.45. The van der Waals surface area contributed by atoms with Crippen molar-refractivity contribution in [1.82, 2.24) is 19.7 Å². The Morgan fingerprint density at radius 2 is 2.08 bits per heavy atom. The lowest BCUT2D eigenvalue weighted by atomic mass is 9.93. The van der Waals surface area contributed by atoms with Crippen LogP contribution in [0.25, 0.3) is 0 Å². The van der Waals surface area contributed by atoms with Crippen molar-refractivity contribution < 1.29 is 9.47 Å². The lowest BCUT2D eigenvalue weighted by molar-refractivity contribution is -0.0596. The van der Waals surface area contributed by atoms with Crippen LogP contribution < -0.4 is 4.74 Å². The quantitative estimate of drug-likeness (QED) is 0.839. The summed E-state index contributed by atoms with van der Waals surface area (Å²) < 4.78 is 14.3. The van der Waals surface area contributed by atoms with Crippen molar-refractivity contribution in [1.29, 1.82) is 0 Å². The molecule has 4 heterocycles. The molecule has 1 aromatic heterocycles. The molecule has 1 unspecified atom stereocenters. The van der Waals surface area contributed by atoms with Crippen molar-refractivity contribution in [2.75, 3.05) is 26.3 Å². The Kier molecular flexibility index (Phi) is 3.75. The van der Waals surface area contributed by atoms with E-state index in [0.717, 1.165) is 70.1 Å². The number of hydrogen-bond acceptors (Lipinski definition) is 5. The molecule has 6 nitrogen and oxygen atoms in total. The van der Waals surface area contributed by atoms with Crippen molar-refractivity contribution in [2.45, 2.75) is 43.9 Å². The number of fused-ring (bicyclic) bond motifs is 2. The first-order valence-corrected chi connectivity index (χ1v) is 9.27. The molecule has 5 rings (SSSR count). The van der Waals surface area contributed by atoms with Crippen LogP contribution in [0.4, 0.5) is 0 Å². The van der Waals surface area contributed by atoms with Gasteiger partial charge in [-0.2, -0.15) is 5.10 Å². The van der Waals surface area contributed by atoms with Gasteiger partial charge >= 0.3 is 0 Å². The summed E-state index contributed by atoms with van der Waals surface area (Å²) in [6, 6.07) is 8.89. The Morgan fingerprint density at radius 1 is 1.20 bits per heavy atom. The summed E-state index contributed by atoms with van der Waals surface area (Å²) in [4.78, 5) is 6.92. The zero-order chi connectivity index (χ0) is 16.7. The predicted molar refractivity (Wildman–Crippen MR) is 92.5 cm³/mol. The van der Waals surface area contributed by atoms with Crippen molar-refractivity contribution in [3.8, 4) is 5.75 Å². The second-order valence-electron chi connectivity index (χ2n) is 7.49. The molecule has 0 saturated carbocycles. The van der Waals surface area contributed by atoms with Gasteiger partial charge in [0.25, 0.3) is 0 Å². The van der Waals surface area contributed by atoms with E-state index in [1.807, 2.05) is 0 Å². The molecule has 6 heteroatoms. The minimum absolute atomic E-state index is 0.130. The molecular weight excluding hydrogens is 316 g/mol. The van der Waals surface area contributed by atoms with Gasteiger partial charge in [0.15, 0.2) is 0 Å². The number of hydrogen-bond donors (Lipinski definition) is 0. The Hall–Kier alpha value is -1.92. The lowest BCUT2D eigenvalue weighted by Crippen LogP contribution is -2.50. The first-order valence-electron chi connectivity index (χ1n) is 9.27. The zero-order valence-corrected chi connectivity index (χ0v) is 14.4. The third kappa shape index (κ3) is 2.83. The Morgan fingerprint density at radius 3 is 3.00 bits per heavy atom. The lowest BCUT2D eigenvalue weighted by Gasteiger charge is -2.39. The zero-order valence-electron chi connectivity index (χ0n) is 14.4. The van der Waals surface area contributed by atoms with Crippen molar-refractivity contribution in [3.63, 3.8) is 0 Å². The van der Waals surface area contributed by atoms with E-state index in [0.29, 0.717) is 6.04 Å².